The molecule has 0 amide bonds. The van der Waals surface area contributed by atoms with Crippen LogP contribution in [0.15, 0.2) is 12.1 Å². The summed E-state index contributed by atoms with van der Waals surface area (Å²) in [6.45, 7) is 0. The summed E-state index contributed by atoms with van der Waals surface area (Å²) in [6.07, 6.45) is 0. The number of nitrogens with zero attached hydrogens (tertiary/aromatic N) is 1. The van der Waals surface area contributed by atoms with Crippen LogP contribution in [0.5, 0.6) is 5.75 Å². The van der Waals surface area contributed by atoms with Crippen molar-refractivity contribution in [2.75, 3.05) is 20.0 Å². The van der Waals surface area contributed by atoms with Crippen molar-refractivity contribution in [3.8, 4) is 5.75 Å². The first-order chi connectivity index (χ1) is 7.52. The Kier molecular flexibility index (Phi) is 3.29. The average Bonchev–Trinajstić information content (AvgIpc) is 2.27. The molecule has 0 bridgehead atoms. The van der Waals surface area contributed by atoms with Crippen LogP contribution < -0.4 is 10.5 Å². The van der Waals surface area contributed by atoms with Crippen LogP contribution in [-0.2, 0) is 4.74 Å². The predicted octanol–water partition coefficient (Wildman–Crippen LogP) is 0.972. The lowest BCUT2D eigenvalue weighted by Gasteiger charge is -2.08. The molecule has 7 heteroatoms. The molecule has 0 aliphatic heterocycles. The third kappa shape index (κ3) is 1.88. The Morgan fingerprint density at radius 3 is 2.50 bits per heavy atom. The number of methoxy groups -OCH3 is 2. The molecule has 0 spiro atoms. The van der Waals surface area contributed by atoms with Crippen LogP contribution in [0.3, 0.4) is 0 Å². The number of benzene rings is 1. The second-order valence-electron chi connectivity index (χ2n) is 2.83. The fourth-order valence-electron chi connectivity index (χ4n) is 1.25. The number of hydrogen-bond acceptors (Lipinski definition) is 6. The fourth-order valence-corrected chi connectivity index (χ4v) is 1.25. The van der Waals surface area contributed by atoms with E-state index in [1.807, 2.05) is 0 Å². The molecular weight excluding hydrogens is 216 g/mol. The maximum Gasteiger partial charge on any atom is 0.348 e. The Morgan fingerprint density at radius 1 is 1.44 bits per heavy atom. The molecule has 0 atom stereocenters. The zero-order valence-electron chi connectivity index (χ0n) is 8.72. The maximum atomic E-state index is 11.4. The van der Waals surface area contributed by atoms with Gasteiger partial charge in [-0.05, 0) is 12.1 Å². The second kappa shape index (κ2) is 4.47. The lowest BCUT2D eigenvalue weighted by atomic mass is 10.1. The third-order valence-electron chi connectivity index (χ3n) is 1.96. The van der Waals surface area contributed by atoms with E-state index >= 15 is 0 Å². The molecule has 0 saturated carbocycles. The zero-order valence-corrected chi connectivity index (χ0v) is 8.72. The van der Waals surface area contributed by atoms with Crippen molar-refractivity contribution >= 4 is 17.3 Å². The molecule has 1 aromatic carbocycles. The van der Waals surface area contributed by atoms with E-state index in [1.54, 1.807) is 0 Å². The van der Waals surface area contributed by atoms with Gasteiger partial charge in [-0.15, -0.1) is 0 Å². The number of rotatable bonds is 3. The summed E-state index contributed by atoms with van der Waals surface area (Å²) in [7, 11) is 2.41. The number of nitro benzene ring substituents is 1. The zero-order chi connectivity index (χ0) is 12.3. The Hall–Kier alpha value is -2.31. The monoisotopic (exact) mass is 226 g/mol. The Labute approximate surface area is 90.9 Å². The number of nitrogens with two attached hydrogens (primary N) is 1. The highest BCUT2D eigenvalue weighted by Crippen LogP contribution is 2.34. The van der Waals surface area contributed by atoms with E-state index in [4.69, 9.17) is 10.5 Å². The van der Waals surface area contributed by atoms with E-state index in [-0.39, 0.29) is 17.0 Å². The standard InChI is InChI=1S/C9H10N2O5/c1-15-6-4-3-5(10)8(11(13)14)7(6)9(12)16-2/h3-4H,10H2,1-2H3. The van der Waals surface area contributed by atoms with Gasteiger partial charge in [0.1, 0.15) is 11.4 Å². The van der Waals surface area contributed by atoms with Gasteiger partial charge in [0.2, 0.25) is 0 Å². The van der Waals surface area contributed by atoms with Gasteiger partial charge in [-0.25, -0.2) is 4.79 Å². The lowest BCUT2D eigenvalue weighted by Crippen LogP contribution is -2.10. The van der Waals surface area contributed by atoms with Crippen molar-refractivity contribution in [3.05, 3.63) is 27.8 Å². The van der Waals surface area contributed by atoms with Crippen LogP contribution in [0.1, 0.15) is 10.4 Å². The minimum atomic E-state index is -0.865. The van der Waals surface area contributed by atoms with Crippen LogP contribution in [0.25, 0.3) is 0 Å². The predicted molar refractivity (Wildman–Crippen MR) is 55.4 cm³/mol. The van der Waals surface area contributed by atoms with Gasteiger partial charge in [-0.1, -0.05) is 0 Å². The quantitative estimate of drug-likeness (QED) is 0.356. The van der Waals surface area contributed by atoms with Gasteiger partial charge >= 0.3 is 11.7 Å². The molecule has 0 radical (unpaired) electrons. The molecule has 0 fully saturated rings. The van der Waals surface area contributed by atoms with Crippen LogP contribution in [0, 0.1) is 10.1 Å². The molecule has 7 nitrogen and oxygen atoms in total. The summed E-state index contributed by atoms with van der Waals surface area (Å²) in [4.78, 5) is 21.5. The first kappa shape index (κ1) is 11.8. The third-order valence-corrected chi connectivity index (χ3v) is 1.96. The summed E-state index contributed by atoms with van der Waals surface area (Å²) >= 11 is 0. The molecule has 0 aliphatic rings. The van der Waals surface area contributed by atoms with Crippen LogP contribution >= 0.6 is 0 Å². The molecule has 0 aliphatic carbocycles. The van der Waals surface area contributed by atoms with Gasteiger partial charge in [-0.2, -0.15) is 0 Å². The molecule has 0 saturated heterocycles. The minimum absolute atomic E-state index is 0.0488. The highest BCUT2D eigenvalue weighted by atomic mass is 16.6. The van der Waals surface area contributed by atoms with E-state index in [0.29, 0.717) is 0 Å². The highest BCUT2D eigenvalue weighted by molar-refractivity contribution is 5.99. The number of carbonyl (C=O) groups excluding carboxylic acids is 1. The van der Waals surface area contributed by atoms with Crippen LogP contribution in [0.4, 0.5) is 11.4 Å². The summed E-state index contributed by atoms with van der Waals surface area (Å²) in [6, 6.07) is 2.66. The largest absolute Gasteiger partial charge is 0.496 e. The first-order valence-corrected chi connectivity index (χ1v) is 4.22. The van der Waals surface area contributed by atoms with Crippen molar-refractivity contribution < 1.29 is 19.2 Å². The number of esters is 1. The summed E-state index contributed by atoms with van der Waals surface area (Å²) < 4.78 is 9.30. The van der Waals surface area contributed by atoms with E-state index in [2.05, 4.69) is 4.74 Å². The summed E-state index contributed by atoms with van der Waals surface area (Å²) in [5, 5.41) is 10.8. The highest BCUT2D eigenvalue weighted by Gasteiger charge is 2.28. The van der Waals surface area contributed by atoms with Crippen molar-refractivity contribution in [1.29, 1.82) is 0 Å². The minimum Gasteiger partial charge on any atom is -0.496 e. The Balaban J connectivity index is 3.55. The van der Waals surface area contributed by atoms with Gasteiger partial charge < -0.3 is 15.2 Å². The number of nitrogen functional groups attached to an aromatic ring is 1. The molecule has 0 heterocycles. The molecule has 2 N–H and O–H groups in total. The van der Waals surface area contributed by atoms with Gasteiger partial charge in [0.05, 0.1) is 19.1 Å². The number of carbonyl (C=O) groups is 1. The SMILES string of the molecule is COC(=O)c1c(OC)ccc(N)c1[N+](=O)[O-]. The topological polar surface area (TPSA) is 105 Å². The Morgan fingerprint density at radius 2 is 2.06 bits per heavy atom. The van der Waals surface area contributed by atoms with Crippen molar-refractivity contribution in [2.24, 2.45) is 0 Å². The van der Waals surface area contributed by atoms with Crippen LogP contribution in [-0.4, -0.2) is 25.1 Å². The summed E-state index contributed by atoms with van der Waals surface area (Å²) in [5.41, 5.74) is 4.52. The van der Waals surface area contributed by atoms with E-state index < -0.39 is 16.6 Å². The van der Waals surface area contributed by atoms with Gasteiger partial charge in [0, 0.05) is 0 Å². The number of hydrogen-bond donors (Lipinski definition) is 1. The molecule has 1 rings (SSSR count). The van der Waals surface area contributed by atoms with Gasteiger partial charge in [0.15, 0.2) is 5.56 Å². The molecule has 0 unspecified atom stereocenters. The van der Waals surface area contributed by atoms with E-state index in [0.717, 1.165) is 7.11 Å². The first-order valence-electron chi connectivity index (χ1n) is 4.22. The van der Waals surface area contributed by atoms with E-state index in [9.17, 15) is 14.9 Å². The van der Waals surface area contributed by atoms with Crippen molar-refractivity contribution in [3.63, 3.8) is 0 Å². The van der Waals surface area contributed by atoms with E-state index in [1.165, 1.54) is 19.2 Å². The fraction of sp³-hybridized carbons (Fsp3) is 0.222. The van der Waals surface area contributed by atoms with Crippen molar-refractivity contribution in [1.82, 2.24) is 0 Å². The normalized spacial score (nSPS) is 9.62. The molecular formula is C9H10N2O5. The number of ether oxygens (including phenoxy) is 2. The lowest BCUT2D eigenvalue weighted by molar-refractivity contribution is -0.384. The number of anilines is 1. The van der Waals surface area contributed by atoms with Crippen molar-refractivity contribution in [2.45, 2.75) is 0 Å². The number of nitro groups is 1. The van der Waals surface area contributed by atoms with Gasteiger partial charge in [0.25, 0.3) is 0 Å². The second-order valence-corrected chi connectivity index (χ2v) is 2.83. The van der Waals surface area contributed by atoms with Crippen LogP contribution in [0.2, 0.25) is 0 Å². The molecule has 0 aromatic heterocycles. The Bertz CT molecular complexity index is 444. The van der Waals surface area contributed by atoms with Gasteiger partial charge in [-0.3, -0.25) is 10.1 Å². The molecule has 1 aromatic rings. The summed E-state index contributed by atoms with van der Waals surface area (Å²) in [5.74, 6) is -0.816. The average molecular weight is 226 g/mol. The smallest absolute Gasteiger partial charge is 0.348 e. The molecule has 16 heavy (non-hydrogen) atoms. The molecule has 86 valence electrons. The maximum absolute atomic E-state index is 11.4.